The van der Waals surface area contributed by atoms with E-state index < -0.39 is 0 Å². The number of hydrogen-bond donors (Lipinski definition) is 2. The van der Waals surface area contributed by atoms with E-state index in [0.29, 0.717) is 13.0 Å². The standard InChI is InChI=1S/C9H18N2O2S/c1-7(12)3-4-11(2)9(13)8-5-14-6-10-8/h7-8,10,12H,3-6H2,1-2H3. The number of nitrogens with one attached hydrogen (secondary N) is 1. The molecule has 1 amide bonds. The number of aliphatic hydroxyl groups excluding tert-OH is 1. The van der Waals surface area contributed by atoms with Gasteiger partial charge in [-0.3, -0.25) is 10.1 Å². The average Bonchev–Trinajstić information content (AvgIpc) is 2.65. The van der Waals surface area contributed by atoms with Crippen molar-refractivity contribution in [3.8, 4) is 0 Å². The highest BCUT2D eigenvalue weighted by Crippen LogP contribution is 2.11. The predicted molar refractivity (Wildman–Crippen MR) is 58.2 cm³/mol. The van der Waals surface area contributed by atoms with Gasteiger partial charge in [-0.05, 0) is 13.3 Å². The van der Waals surface area contributed by atoms with E-state index in [9.17, 15) is 4.79 Å². The van der Waals surface area contributed by atoms with Crippen LogP contribution in [0.3, 0.4) is 0 Å². The Morgan fingerprint density at radius 1 is 1.79 bits per heavy atom. The molecule has 1 heterocycles. The Morgan fingerprint density at radius 2 is 2.50 bits per heavy atom. The number of hydrogen-bond acceptors (Lipinski definition) is 4. The van der Waals surface area contributed by atoms with Crippen LogP contribution in [0.2, 0.25) is 0 Å². The molecule has 2 atom stereocenters. The minimum atomic E-state index is -0.337. The van der Waals surface area contributed by atoms with E-state index in [1.165, 1.54) is 0 Å². The lowest BCUT2D eigenvalue weighted by atomic mass is 10.2. The largest absolute Gasteiger partial charge is 0.393 e. The molecule has 5 heteroatoms. The van der Waals surface area contributed by atoms with Gasteiger partial charge in [-0.2, -0.15) is 0 Å². The molecule has 82 valence electrons. The molecule has 1 aliphatic heterocycles. The maximum Gasteiger partial charge on any atom is 0.240 e. The molecule has 0 radical (unpaired) electrons. The smallest absolute Gasteiger partial charge is 0.240 e. The van der Waals surface area contributed by atoms with Crippen LogP contribution in [0.1, 0.15) is 13.3 Å². The van der Waals surface area contributed by atoms with Crippen LogP contribution >= 0.6 is 11.8 Å². The first-order valence-corrected chi connectivity index (χ1v) is 6.01. The number of carbonyl (C=O) groups is 1. The van der Waals surface area contributed by atoms with E-state index in [-0.39, 0.29) is 18.1 Å². The Hall–Kier alpha value is -0.260. The number of aliphatic hydroxyl groups is 1. The van der Waals surface area contributed by atoms with Gasteiger partial charge in [0.25, 0.3) is 0 Å². The van der Waals surface area contributed by atoms with Gasteiger partial charge in [0, 0.05) is 25.2 Å². The molecular weight excluding hydrogens is 200 g/mol. The van der Waals surface area contributed by atoms with Gasteiger partial charge in [-0.1, -0.05) is 0 Å². The van der Waals surface area contributed by atoms with E-state index in [1.54, 1.807) is 30.6 Å². The first-order valence-electron chi connectivity index (χ1n) is 4.85. The van der Waals surface area contributed by atoms with Gasteiger partial charge < -0.3 is 10.0 Å². The summed E-state index contributed by atoms with van der Waals surface area (Å²) in [5, 5.41) is 12.2. The highest BCUT2D eigenvalue weighted by atomic mass is 32.2. The maximum absolute atomic E-state index is 11.7. The summed E-state index contributed by atoms with van der Waals surface area (Å²) in [6, 6.07) is -0.0287. The third-order valence-corrected chi connectivity index (χ3v) is 3.21. The zero-order valence-electron chi connectivity index (χ0n) is 8.69. The quantitative estimate of drug-likeness (QED) is 0.690. The Kier molecular flexibility index (Phi) is 4.71. The van der Waals surface area contributed by atoms with Crippen LogP contribution in [0.25, 0.3) is 0 Å². The van der Waals surface area contributed by atoms with Crippen molar-refractivity contribution in [1.82, 2.24) is 10.2 Å². The fourth-order valence-corrected chi connectivity index (χ4v) is 2.24. The van der Waals surface area contributed by atoms with Crippen molar-refractivity contribution in [1.29, 1.82) is 0 Å². The van der Waals surface area contributed by atoms with Gasteiger partial charge in [0.05, 0.1) is 12.1 Å². The Labute approximate surface area is 89.0 Å². The summed E-state index contributed by atoms with van der Waals surface area (Å²) in [6.07, 6.45) is 0.304. The number of rotatable bonds is 4. The first kappa shape index (κ1) is 11.8. The third-order valence-electron chi connectivity index (χ3n) is 2.27. The highest BCUT2D eigenvalue weighted by Gasteiger charge is 2.25. The van der Waals surface area contributed by atoms with Crippen LogP contribution in [0.5, 0.6) is 0 Å². The molecule has 0 aromatic heterocycles. The van der Waals surface area contributed by atoms with Crippen molar-refractivity contribution < 1.29 is 9.90 Å². The van der Waals surface area contributed by atoms with Crippen LogP contribution in [-0.2, 0) is 4.79 Å². The Morgan fingerprint density at radius 3 is 3.00 bits per heavy atom. The van der Waals surface area contributed by atoms with Crippen molar-refractivity contribution in [2.45, 2.75) is 25.5 Å². The molecule has 0 saturated carbocycles. The van der Waals surface area contributed by atoms with Gasteiger partial charge in [-0.15, -0.1) is 11.8 Å². The zero-order chi connectivity index (χ0) is 10.6. The van der Waals surface area contributed by atoms with Crippen molar-refractivity contribution >= 4 is 17.7 Å². The summed E-state index contributed by atoms with van der Waals surface area (Å²) in [4.78, 5) is 13.4. The zero-order valence-corrected chi connectivity index (χ0v) is 9.51. The molecule has 1 fully saturated rings. The molecule has 0 spiro atoms. The molecular formula is C9H18N2O2S. The number of amides is 1. The Bertz CT molecular complexity index is 193. The number of likely N-dealkylation sites (N-methyl/N-ethyl adjacent to an activating group) is 1. The molecule has 0 aliphatic carbocycles. The molecule has 2 unspecified atom stereocenters. The SMILES string of the molecule is CC(O)CCN(C)C(=O)C1CSCN1. The van der Waals surface area contributed by atoms with E-state index >= 15 is 0 Å². The van der Waals surface area contributed by atoms with E-state index in [1.807, 2.05) is 0 Å². The molecule has 0 aromatic rings. The van der Waals surface area contributed by atoms with Crippen LogP contribution in [0, 0.1) is 0 Å². The minimum Gasteiger partial charge on any atom is -0.393 e. The second-order valence-electron chi connectivity index (χ2n) is 3.67. The molecule has 1 aliphatic rings. The van der Waals surface area contributed by atoms with Crippen LogP contribution in [0.4, 0.5) is 0 Å². The second-order valence-corrected chi connectivity index (χ2v) is 4.70. The van der Waals surface area contributed by atoms with Gasteiger partial charge in [0.2, 0.25) is 5.91 Å². The first-order chi connectivity index (χ1) is 6.61. The van der Waals surface area contributed by atoms with Crippen molar-refractivity contribution in [2.75, 3.05) is 25.2 Å². The van der Waals surface area contributed by atoms with Gasteiger partial charge in [-0.25, -0.2) is 0 Å². The summed E-state index contributed by atoms with van der Waals surface area (Å²) in [7, 11) is 1.79. The normalized spacial score (nSPS) is 23.5. The fourth-order valence-electron chi connectivity index (χ4n) is 1.31. The highest BCUT2D eigenvalue weighted by molar-refractivity contribution is 7.99. The van der Waals surface area contributed by atoms with Crippen molar-refractivity contribution in [3.05, 3.63) is 0 Å². The topological polar surface area (TPSA) is 52.6 Å². The van der Waals surface area contributed by atoms with Crippen molar-refractivity contribution in [2.24, 2.45) is 0 Å². The van der Waals surface area contributed by atoms with E-state index in [0.717, 1.165) is 11.6 Å². The number of nitrogens with zero attached hydrogens (tertiary/aromatic N) is 1. The number of carbonyl (C=O) groups excluding carboxylic acids is 1. The number of thioether (sulfide) groups is 1. The lowest BCUT2D eigenvalue weighted by Gasteiger charge is -2.21. The minimum absolute atomic E-state index is 0.0287. The second kappa shape index (κ2) is 5.58. The Balaban J connectivity index is 2.28. The maximum atomic E-state index is 11.7. The van der Waals surface area contributed by atoms with Gasteiger partial charge in [0.15, 0.2) is 0 Å². The summed E-state index contributed by atoms with van der Waals surface area (Å²) in [5.41, 5.74) is 0. The molecule has 1 rings (SSSR count). The molecule has 14 heavy (non-hydrogen) atoms. The molecule has 0 bridgehead atoms. The van der Waals surface area contributed by atoms with Crippen LogP contribution in [-0.4, -0.2) is 53.3 Å². The molecule has 4 nitrogen and oxygen atoms in total. The average molecular weight is 218 g/mol. The van der Waals surface area contributed by atoms with Crippen molar-refractivity contribution in [3.63, 3.8) is 0 Å². The van der Waals surface area contributed by atoms with E-state index in [2.05, 4.69) is 5.32 Å². The lowest BCUT2D eigenvalue weighted by molar-refractivity contribution is -0.131. The summed E-state index contributed by atoms with van der Waals surface area (Å²) >= 11 is 1.74. The molecule has 0 aromatic carbocycles. The summed E-state index contributed by atoms with van der Waals surface area (Å²) < 4.78 is 0. The van der Waals surface area contributed by atoms with Gasteiger partial charge in [0.1, 0.15) is 0 Å². The molecule has 1 saturated heterocycles. The predicted octanol–water partition coefficient (Wildman–Crippen LogP) is -0.122. The fraction of sp³-hybridized carbons (Fsp3) is 0.889. The monoisotopic (exact) mass is 218 g/mol. The van der Waals surface area contributed by atoms with Crippen LogP contribution < -0.4 is 5.32 Å². The molecule has 2 N–H and O–H groups in total. The summed E-state index contributed by atoms with van der Waals surface area (Å²) in [6.45, 7) is 2.36. The third kappa shape index (κ3) is 3.48. The summed E-state index contributed by atoms with van der Waals surface area (Å²) in [5.74, 6) is 1.86. The van der Waals surface area contributed by atoms with Crippen LogP contribution in [0.15, 0.2) is 0 Å². The lowest BCUT2D eigenvalue weighted by Crippen LogP contribution is -2.43. The van der Waals surface area contributed by atoms with Gasteiger partial charge >= 0.3 is 0 Å². The van der Waals surface area contributed by atoms with E-state index in [4.69, 9.17) is 5.11 Å².